The van der Waals surface area contributed by atoms with Gasteiger partial charge in [-0.3, -0.25) is 0 Å². The Morgan fingerprint density at radius 2 is 1.87 bits per heavy atom. The Morgan fingerprint density at radius 1 is 1.13 bits per heavy atom. The minimum atomic E-state index is -0.633. The van der Waals surface area contributed by atoms with Crippen LogP contribution in [0, 0.1) is 20.8 Å². The fraction of sp³-hybridized carbons (Fsp3) is 0.720. The van der Waals surface area contributed by atoms with Gasteiger partial charge >= 0.3 is 5.97 Å². The summed E-state index contributed by atoms with van der Waals surface area (Å²) in [5.74, 6) is 1.15. The van der Waals surface area contributed by atoms with Crippen LogP contribution in [-0.2, 0) is 16.0 Å². The topological polar surface area (TPSA) is 96.8 Å². The Kier molecular flexibility index (Phi) is 9.79. The maximum Gasteiger partial charge on any atom is 0.328 e. The smallest absolute Gasteiger partial charge is 0.328 e. The lowest BCUT2D eigenvalue weighted by Crippen LogP contribution is -2.41. The van der Waals surface area contributed by atoms with E-state index in [0.29, 0.717) is 25.3 Å². The molecule has 176 valence electrons. The van der Waals surface area contributed by atoms with Crippen LogP contribution in [0.3, 0.4) is 0 Å². The molecule has 0 saturated carbocycles. The van der Waals surface area contributed by atoms with Gasteiger partial charge in [-0.25, -0.2) is 4.79 Å². The third-order valence-electron chi connectivity index (χ3n) is 6.34. The van der Waals surface area contributed by atoms with Crippen LogP contribution in [0.2, 0.25) is 0 Å². The van der Waals surface area contributed by atoms with Gasteiger partial charge in [-0.2, -0.15) is 0 Å². The zero-order chi connectivity index (χ0) is 23.0. The number of carbonyl (C=O) groups is 1. The third kappa shape index (κ3) is 6.67. The van der Waals surface area contributed by atoms with E-state index in [-0.39, 0.29) is 11.6 Å². The highest BCUT2D eigenvalue weighted by Crippen LogP contribution is 2.44. The summed E-state index contributed by atoms with van der Waals surface area (Å²) < 4.78 is 18.2. The lowest BCUT2D eigenvalue weighted by atomic mass is 9.87. The lowest BCUT2D eigenvalue weighted by molar-refractivity contribution is -0.136. The first-order valence-electron chi connectivity index (χ1n) is 11.8. The molecular weight excluding hydrogens is 392 g/mol. The van der Waals surface area contributed by atoms with Crippen LogP contribution in [0.15, 0.2) is 0 Å². The summed E-state index contributed by atoms with van der Waals surface area (Å²) in [6.45, 7) is 12.3. The predicted molar refractivity (Wildman–Crippen MR) is 125 cm³/mol. The van der Waals surface area contributed by atoms with Crippen molar-refractivity contribution in [1.29, 1.82) is 0 Å². The van der Waals surface area contributed by atoms with Crippen LogP contribution in [0.1, 0.15) is 81.0 Å². The molecule has 0 saturated heterocycles. The zero-order valence-corrected chi connectivity index (χ0v) is 20.1. The maximum atomic E-state index is 12.6. The standard InChI is InChI=1S/C25H42N2O4/c1-6-7-10-15-29-16-25(5)13-12-20-19(4)22(17(2)18(3)23(20)31-25)30-24(28)21(27)11-8-9-14-26/h21H,6-16,26-27H2,1-5H3/t21-,25-/m0/s1. The average molecular weight is 435 g/mol. The quantitative estimate of drug-likeness (QED) is 0.290. The fourth-order valence-corrected chi connectivity index (χ4v) is 4.08. The number of rotatable bonds is 12. The molecule has 1 aliphatic rings. The van der Waals surface area contributed by atoms with E-state index in [1.54, 1.807) is 0 Å². The molecule has 2 rings (SSSR count). The highest BCUT2D eigenvalue weighted by atomic mass is 16.5. The second-order valence-corrected chi connectivity index (χ2v) is 9.14. The summed E-state index contributed by atoms with van der Waals surface area (Å²) in [5, 5.41) is 0. The van der Waals surface area contributed by atoms with Crippen LogP contribution in [-0.4, -0.2) is 37.4 Å². The van der Waals surface area contributed by atoms with Crippen LogP contribution >= 0.6 is 0 Å². The van der Waals surface area contributed by atoms with E-state index >= 15 is 0 Å². The van der Waals surface area contributed by atoms with E-state index < -0.39 is 6.04 Å². The number of carbonyl (C=O) groups excluding carboxylic acids is 1. The van der Waals surface area contributed by atoms with Crippen molar-refractivity contribution in [3.8, 4) is 11.5 Å². The molecule has 1 heterocycles. The Morgan fingerprint density at radius 3 is 2.55 bits per heavy atom. The fourth-order valence-electron chi connectivity index (χ4n) is 4.08. The van der Waals surface area contributed by atoms with Gasteiger partial charge in [0, 0.05) is 12.2 Å². The Bertz CT molecular complexity index is 750. The minimum absolute atomic E-state index is 0.341. The molecule has 4 N–H and O–H groups in total. The first kappa shape index (κ1) is 25.6. The van der Waals surface area contributed by atoms with Crippen molar-refractivity contribution in [3.63, 3.8) is 0 Å². The second kappa shape index (κ2) is 11.8. The van der Waals surface area contributed by atoms with E-state index in [1.807, 2.05) is 20.8 Å². The minimum Gasteiger partial charge on any atom is -0.485 e. The van der Waals surface area contributed by atoms with Gasteiger partial charge in [-0.05, 0) is 83.0 Å². The summed E-state index contributed by atoms with van der Waals surface area (Å²) >= 11 is 0. The van der Waals surface area contributed by atoms with Crippen molar-refractivity contribution >= 4 is 5.97 Å². The van der Waals surface area contributed by atoms with Gasteiger partial charge < -0.3 is 25.7 Å². The number of nitrogens with two attached hydrogens (primary N) is 2. The molecule has 0 amide bonds. The number of hydrogen-bond donors (Lipinski definition) is 2. The molecule has 31 heavy (non-hydrogen) atoms. The van der Waals surface area contributed by atoms with Gasteiger partial charge in [-0.1, -0.05) is 26.2 Å². The summed E-state index contributed by atoms with van der Waals surface area (Å²) in [4.78, 5) is 12.6. The van der Waals surface area contributed by atoms with Crippen molar-refractivity contribution in [2.45, 2.75) is 97.6 Å². The first-order chi connectivity index (χ1) is 14.7. The molecule has 6 heteroatoms. The molecule has 1 aromatic carbocycles. The summed E-state index contributed by atoms with van der Waals surface area (Å²) in [5.41, 5.74) is 15.2. The van der Waals surface area contributed by atoms with E-state index in [9.17, 15) is 4.79 Å². The highest BCUT2D eigenvalue weighted by Gasteiger charge is 2.35. The molecule has 0 bridgehead atoms. The van der Waals surface area contributed by atoms with Gasteiger partial charge in [0.1, 0.15) is 23.1 Å². The van der Waals surface area contributed by atoms with Crippen molar-refractivity contribution in [3.05, 3.63) is 22.3 Å². The molecule has 0 fully saturated rings. The summed E-state index contributed by atoms with van der Waals surface area (Å²) in [7, 11) is 0. The summed E-state index contributed by atoms with van der Waals surface area (Å²) in [6, 6.07) is -0.633. The number of benzene rings is 1. The number of ether oxygens (including phenoxy) is 3. The van der Waals surface area contributed by atoms with E-state index in [4.69, 9.17) is 25.7 Å². The SMILES string of the molecule is CCCCCOC[C@]1(C)CCc2c(C)c(OC(=O)[C@@H](N)CCCCN)c(C)c(C)c2O1. The molecular formula is C25H42N2O4. The van der Waals surface area contributed by atoms with Crippen molar-refractivity contribution in [1.82, 2.24) is 0 Å². The van der Waals surface area contributed by atoms with Crippen LogP contribution in [0.25, 0.3) is 0 Å². The molecule has 0 aromatic heterocycles. The third-order valence-corrected chi connectivity index (χ3v) is 6.34. The van der Waals surface area contributed by atoms with Crippen molar-refractivity contribution in [2.24, 2.45) is 11.5 Å². The molecule has 0 aliphatic carbocycles. The van der Waals surface area contributed by atoms with Crippen molar-refractivity contribution in [2.75, 3.05) is 19.8 Å². The van der Waals surface area contributed by atoms with Crippen LogP contribution < -0.4 is 20.9 Å². The molecule has 1 aliphatic heterocycles. The number of unbranched alkanes of at least 4 members (excludes halogenated alkanes) is 3. The molecule has 6 nitrogen and oxygen atoms in total. The number of hydrogen-bond acceptors (Lipinski definition) is 6. The van der Waals surface area contributed by atoms with Gasteiger partial charge in [0.25, 0.3) is 0 Å². The monoisotopic (exact) mass is 434 g/mol. The van der Waals surface area contributed by atoms with Crippen LogP contribution in [0.4, 0.5) is 0 Å². The number of fused-ring (bicyclic) bond motifs is 1. The maximum absolute atomic E-state index is 12.6. The van der Waals surface area contributed by atoms with E-state index in [2.05, 4.69) is 13.8 Å². The first-order valence-corrected chi connectivity index (χ1v) is 11.8. The summed E-state index contributed by atoms with van der Waals surface area (Å²) in [6.07, 6.45) is 7.45. The number of esters is 1. The second-order valence-electron chi connectivity index (χ2n) is 9.14. The molecule has 0 radical (unpaired) electrons. The molecule has 0 unspecified atom stereocenters. The average Bonchev–Trinajstić information content (AvgIpc) is 2.75. The largest absolute Gasteiger partial charge is 0.485 e. The lowest BCUT2D eigenvalue weighted by Gasteiger charge is -2.38. The molecule has 2 atom stereocenters. The van der Waals surface area contributed by atoms with Gasteiger partial charge in [-0.15, -0.1) is 0 Å². The van der Waals surface area contributed by atoms with Gasteiger partial charge in [0.15, 0.2) is 0 Å². The predicted octanol–water partition coefficient (Wildman–Crippen LogP) is 4.26. The van der Waals surface area contributed by atoms with E-state index in [1.165, 1.54) is 12.8 Å². The highest BCUT2D eigenvalue weighted by molar-refractivity contribution is 5.79. The van der Waals surface area contributed by atoms with Crippen molar-refractivity contribution < 1.29 is 19.0 Å². The molecule has 1 aromatic rings. The normalized spacial score (nSPS) is 18.9. The van der Waals surface area contributed by atoms with Crippen LogP contribution in [0.5, 0.6) is 11.5 Å². The Balaban J connectivity index is 2.12. The van der Waals surface area contributed by atoms with E-state index in [0.717, 1.165) is 66.7 Å². The molecule has 0 spiro atoms. The Hall–Kier alpha value is -1.63. The van der Waals surface area contributed by atoms with Gasteiger partial charge in [0.2, 0.25) is 0 Å². The Labute approximate surface area is 188 Å². The van der Waals surface area contributed by atoms with Gasteiger partial charge in [0.05, 0.1) is 6.61 Å². The zero-order valence-electron chi connectivity index (χ0n) is 20.1.